The molecule has 0 aliphatic carbocycles. The fraction of sp³-hybridized carbons (Fsp3) is 0.464. The van der Waals surface area contributed by atoms with Crippen LogP contribution in [0.15, 0.2) is 36.7 Å². The maximum atomic E-state index is 13.6. The van der Waals surface area contributed by atoms with Gasteiger partial charge in [-0.25, -0.2) is 14.4 Å². The van der Waals surface area contributed by atoms with Gasteiger partial charge < -0.3 is 19.5 Å². The van der Waals surface area contributed by atoms with E-state index < -0.39 is 5.82 Å². The maximum Gasteiger partial charge on any atom is 0.319 e. The molecule has 1 aromatic heterocycles. The van der Waals surface area contributed by atoms with Gasteiger partial charge >= 0.3 is 5.97 Å². The van der Waals surface area contributed by atoms with Crippen molar-refractivity contribution in [3.8, 4) is 11.5 Å². The van der Waals surface area contributed by atoms with Gasteiger partial charge in [-0.15, -0.1) is 11.8 Å². The number of nitrogens with one attached hydrogen (secondary N) is 1. The zero-order chi connectivity index (χ0) is 28.1. The van der Waals surface area contributed by atoms with Gasteiger partial charge in [-0.2, -0.15) is 0 Å². The van der Waals surface area contributed by atoms with E-state index in [1.807, 2.05) is 12.1 Å². The van der Waals surface area contributed by atoms with Crippen molar-refractivity contribution in [3.05, 3.63) is 47.5 Å². The van der Waals surface area contributed by atoms with Crippen LogP contribution in [0.25, 0.3) is 10.9 Å². The number of rotatable bonds is 11. The molecule has 0 amide bonds. The number of cyclic esters (lactones) is 1. The van der Waals surface area contributed by atoms with Gasteiger partial charge in [0.1, 0.15) is 23.2 Å². The molecule has 12 heteroatoms. The molecule has 3 heterocycles. The van der Waals surface area contributed by atoms with Gasteiger partial charge in [-0.05, 0) is 30.7 Å². The minimum atomic E-state index is -0.485. The molecule has 0 radical (unpaired) electrons. The average Bonchev–Trinajstić information content (AvgIpc) is 3.38. The molecule has 0 spiro atoms. The van der Waals surface area contributed by atoms with E-state index >= 15 is 0 Å². The summed E-state index contributed by atoms with van der Waals surface area (Å²) in [5.74, 6) is 2.10. The number of hydrogen-bond acceptors (Lipinski definition) is 10. The van der Waals surface area contributed by atoms with Crippen LogP contribution in [0.2, 0.25) is 5.02 Å². The first-order valence-corrected chi connectivity index (χ1v) is 14.8. The fourth-order valence-corrected chi connectivity index (χ4v) is 6.21. The summed E-state index contributed by atoms with van der Waals surface area (Å²) in [6, 6.07) is 8.12. The smallest absolute Gasteiger partial charge is 0.319 e. The van der Waals surface area contributed by atoms with Crippen LogP contribution in [-0.2, 0) is 9.53 Å². The molecule has 0 bridgehead atoms. The second kappa shape index (κ2) is 13.2. The van der Waals surface area contributed by atoms with Crippen LogP contribution in [0.1, 0.15) is 19.8 Å². The number of thioether (sulfide) groups is 1. The van der Waals surface area contributed by atoms with Crippen molar-refractivity contribution in [2.24, 2.45) is 0 Å². The van der Waals surface area contributed by atoms with E-state index in [1.54, 1.807) is 24.9 Å². The molecule has 0 saturated carbocycles. The summed E-state index contributed by atoms with van der Waals surface area (Å²) in [6.07, 6.45) is 2.98. The van der Waals surface area contributed by atoms with Crippen molar-refractivity contribution in [2.45, 2.75) is 31.2 Å². The number of ether oxygens (including phenoxy) is 3. The summed E-state index contributed by atoms with van der Waals surface area (Å²) in [5, 5.41) is 3.94. The van der Waals surface area contributed by atoms with Crippen LogP contribution in [0.4, 0.5) is 15.9 Å². The van der Waals surface area contributed by atoms with Crippen molar-refractivity contribution in [1.29, 1.82) is 0 Å². The second-order valence-electron chi connectivity index (χ2n) is 9.67. The lowest BCUT2D eigenvalue weighted by molar-refractivity contribution is -0.137. The highest BCUT2D eigenvalue weighted by Gasteiger charge is 2.28. The van der Waals surface area contributed by atoms with Crippen molar-refractivity contribution < 1.29 is 23.4 Å². The third-order valence-corrected chi connectivity index (χ3v) is 8.68. The number of hydrogen-bond donors (Lipinski definition) is 1. The molecule has 5 rings (SSSR count). The Morgan fingerprint density at radius 1 is 1.20 bits per heavy atom. The molecule has 2 atom stereocenters. The Balaban J connectivity index is 1.23. The van der Waals surface area contributed by atoms with Gasteiger partial charge in [-0.1, -0.05) is 18.5 Å². The number of piperazine rings is 1. The number of anilines is 2. The van der Waals surface area contributed by atoms with Crippen LogP contribution < -0.4 is 14.8 Å². The number of halogens is 2. The molecule has 9 nitrogen and oxygen atoms in total. The highest BCUT2D eigenvalue weighted by atomic mass is 35.5. The Morgan fingerprint density at radius 2 is 2.02 bits per heavy atom. The number of fused-ring (bicyclic) bond motifs is 1. The highest BCUT2D eigenvalue weighted by molar-refractivity contribution is 8.00. The predicted octanol–water partition coefficient (Wildman–Crippen LogP) is 4.96. The zero-order valence-electron chi connectivity index (χ0n) is 22.6. The number of esters is 1. The summed E-state index contributed by atoms with van der Waals surface area (Å²) in [5.41, 5.74) is 1.29. The van der Waals surface area contributed by atoms with Gasteiger partial charge in [0, 0.05) is 62.0 Å². The maximum absolute atomic E-state index is 13.6. The molecule has 2 unspecified atom stereocenters. The minimum Gasteiger partial charge on any atom is -0.493 e. The van der Waals surface area contributed by atoms with Gasteiger partial charge in [0.15, 0.2) is 17.7 Å². The molecule has 2 saturated heterocycles. The SMILES string of the molecule is CCC(Oc1cc2ncnc(Nc3ccc(F)c(Cl)c3)c2cc1OC)N1CCN(CCSC2CCOC2=O)CC1. The topological polar surface area (TPSA) is 89.1 Å². The molecule has 2 aromatic carbocycles. The fourth-order valence-electron chi connectivity index (χ4n) is 4.92. The number of nitrogens with zero attached hydrogens (tertiary/aromatic N) is 4. The third kappa shape index (κ3) is 6.71. The van der Waals surface area contributed by atoms with E-state index in [4.69, 9.17) is 25.8 Å². The van der Waals surface area contributed by atoms with Crippen LogP contribution >= 0.6 is 23.4 Å². The van der Waals surface area contributed by atoms with Crippen molar-refractivity contribution in [2.75, 3.05) is 57.5 Å². The standard InChI is InChI=1S/C28H33ClFN5O4S/c1-3-26(35-9-7-34(8-10-35)11-13-40-25-6-12-38-28(25)36)39-24-16-22-19(15-23(24)37-2)27(32-17-31-22)33-18-4-5-21(30)20(29)14-18/h4-5,14-17,25-26H,3,6-13H2,1-2H3,(H,31,32,33). The molecular formula is C28H33ClFN5O4S. The van der Waals surface area contributed by atoms with Crippen molar-refractivity contribution >= 4 is 51.7 Å². The van der Waals surface area contributed by atoms with Crippen LogP contribution in [-0.4, -0.2) is 89.4 Å². The predicted molar refractivity (Wildman–Crippen MR) is 155 cm³/mol. The summed E-state index contributed by atoms with van der Waals surface area (Å²) in [7, 11) is 1.60. The van der Waals surface area contributed by atoms with Crippen molar-refractivity contribution in [3.63, 3.8) is 0 Å². The molecule has 214 valence electrons. The van der Waals surface area contributed by atoms with Gasteiger partial charge in [-0.3, -0.25) is 14.6 Å². The molecule has 1 N–H and O–H groups in total. The lowest BCUT2D eigenvalue weighted by atomic mass is 10.2. The Morgan fingerprint density at radius 3 is 2.73 bits per heavy atom. The molecule has 40 heavy (non-hydrogen) atoms. The lowest BCUT2D eigenvalue weighted by Gasteiger charge is -2.39. The van der Waals surface area contributed by atoms with E-state index in [0.717, 1.165) is 56.7 Å². The quantitative estimate of drug-likeness (QED) is 0.310. The third-order valence-electron chi connectivity index (χ3n) is 7.14. The second-order valence-corrected chi connectivity index (χ2v) is 11.4. The normalized spacial score (nSPS) is 19.0. The van der Waals surface area contributed by atoms with Gasteiger partial charge in [0.2, 0.25) is 0 Å². The summed E-state index contributed by atoms with van der Waals surface area (Å²) < 4.78 is 30.9. The summed E-state index contributed by atoms with van der Waals surface area (Å²) in [4.78, 5) is 25.3. The van der Waals surface area contributed by atoms with Crippen molar-refractivity contribution in [1.82, 2.24) is 19.8 Å². The molecule has 2 aliphatic rings. The van der Waals surface area contributed by atoms with E-state index in [9.17, 15) is 9.18 Å². The number of carbonyl (C=O) groups excluding carboxylic acids is 1. The first-order chi connectivity index (χ1) is 19.4. The lowest BCUT2D eigenvalue weighted by Crippen LogP contribution is -2.52. The Labute approximate surface area is 242 Å². The monoisotopic (exact) mass is 589 g/mol. The largest absolute Gasteiger partial charge is 0.493 e. The number of aromatic nitrogens is 2. The Bertz CT molecular complexity index is 1340. The molecule has 2 fully saturated rings. The van der Waals surface area contributed by atoms with E-state index in [1.165, 1.54) is 18.5 Å². The van der Waals surface area contributed by atoms with Gasteiger partial charge in [0.05, 0.1) is 24.3 Å². The molecular weight excluding hydrogens is 557 g/mol. The molecule has 3 aromatic rings. The van der Waals surface area contributed by atoms with Crippen LogP contribution in [0.3, 0.4) is 0 Å². The summed E-state index contributed by atoms with van der Waals surface area (Å²) in [6.45, 7) is 7.28. The summed E-state index contributed by atoms with van der Waals surface area (Å²) >= 11 is 7.65. The average molecular weight is 590 g/mol. The van der Waals surface area contributed by atoms with E-state index in [-0.39, 0.29) is 22.5 Å². The Hall–Kier alpha value is -2.86. The number of methoxy groups -OCH3 is 1. The van der Waals surface area contributed by atoms with Crippen LogP contribution in [0.5, 0.6) is 11.5 Å². The molecule has 2 aliphatic heterocycles. The van der Waals surface area contributed by atoms with Gasteiger partial charge in [0.25, 0.3) is 0 Å². The zero-order valence-corrected chi connectivity index (χ0v) is 24.1. The number of benzene rings is 2. The highest BCUT2D eigenvalue weighted by Crippen LogP contribution is 2.36. The van der Waals surface area contributed by atoms with E-state index in [0.29, 0.717) is 35.1 Å². The minimum absolute atomic E-state index is 0.00497. The van der Waals surface area contributed by atoms with E-state index in [2.05, 4.69) is 32.0 Å². The first kappa shape index (κ1) is 28.7. The first-order valence-electron chi connectivity index (χ1n) is 13.4. The Kier molecular flexibility index (Phi) is 9.46. The van der Waals surface area contributed by atoms with Crippen LogP contribution in [0, 0.1) is 5.82 Å². The number of carbonyl (C=O) groups is 1.